The number of carbonyl (C=O) groups excluding carboxylic acids is 1. The van der Waals surface area contributed by atoms with E-state index in [9.17, 15) is 4.79 Å². The van der Waals surface area contributed by atoms with Crippen molar-refractivity contribution in [3.8, 4) is 0 Å². The summed E-state index contributed by atoms with van der Waals surface area (Å²) < 4.78 is 5.50. The van der Waals surface area contributed by atoms with Gasteiger partial charge in [-0.15, -0.1) is 0 Å². The molecule has 0 spiro atoms. The average molecular weight is 437 g/mol. The molecule has 31 heavy (non-hydrogen) atoms. The summed E-state index contributed by atoms with van der Waals surface area (Å²) in [6, 6.07) is 0. The minimum Gasteiger partial charge on any atom is -0.462 e. The summed E-state index contributed by atoms with van der Waals surface area (Å²) >= 11 is 0. The molecule has 2 nitrogen and oxygen atoms in total. The Hall–Kier alpha value is -0.790. The van der Waals surface area contributed by atoms with E-state index in [0.717, 1.165) is 0 Å². The van der Waals surface area contributed by atoms with E-state index < -0.39 is 0 Å². The summed E-state index contributed by atoms with van der Waals surface area (Å²) in [7, 11) is 0. The monoisotopic (exact) mass is 436 g/mol. The fourth-order valence-corrected chi connectivity index (χ4v) is 4.29. The van der Waals surface area contributed by atoms with Crippen LogP contribution in [-0.4, -0.2) is 12.6 Å². The molecule has 0 fully saturated rings. The van der Waals surface area contributed by atoms with Crippen molar-refractivity contribution in [1.29, 1.82) is 0 Å². The first-order valence-corrected chi connectivity index (χ1v) is 13.9. The van der Waals surface area contributed by atoms with Crippen molar-refractivity contribution in [2.45, 2.75) is 156 Å². The number of unbranched alkanes of at least 4 members (excludes halogenated alkanes) is 17. The Morgan fingerprint density at radius 3 is 1.26 bits per heavy atom. The van der Waals surface area contributed by atoms with Crippen LogP contribution < -0.4 is 0 Å². The highest BCUT2D eigenvalue weighted by Gasteiger charge is 2.12. The molecule has 0 aromatic carbocycles. The fourth-order valence-electron chi connectivity index (χ4n) is 4.29. The lowest BCUT2D eigenvalue weighted by atomic mass is 9.94. The van der Waals surface area contributed by atoms with Gasteiger partial charge in [0.25, 0.3) is 0 Å². The van der Waals surface area contributed by atoms with Crippen molar-refractivity contribution in [3.05, 3.63) is 12.2 Å². The van der Waals surface area contributed by atoms with Gasteiger partial charge in [-0.05, 0) is 25.7 Å². The van der Waals surface area contributed by atoms with Gasteiger partial charge in [0.15, 0.2) is 0 Å². The third kappa shape index (κ3) is 22.2. The fraction of sp³-hybridized carbons (Fsp3) is 0.897. The van der Waals surface area contributed by atoms with Crippen LogP contribution >= 0.6 is 0 Å². The maximum Gasteiger partial charge on any atom is 0.333 e. The molecule has 0 saturated carbocycles. The Kier molecular flexibility index (Phi) is 23.3. The molecular formula is C29H56O2. The van der Waals surface area contributed by atoms with Crippen molar-refractivity contribution in [2.75, 3.05) is 6.61 Å². The molecule has 0 rings (SSSR count). The van der Waals surface area contributed by atoms with Gasteiger partial charge in [-0.1, -0.05) is 142 Å². The van der Waals surface area contributed by atoms with E-state index in [4.69, 9.17) is 4.74 Å². The van der Waals surface area contributed by atoms with Gasteiger partial charge in [0.1, 0.15) is 0 Å². The van der Waals surface area contributed by atoms with Crippen LogP contribution in [0.5, 0.6) is 0 Å². The SMILES string of the molecule is C=C(C)C(=O)OCC(CCCCCCCCCCC)CCCCCCCCCCCC. The van der Waals surface area contributed by atoms with Gasteiger partial charge < -0.3 is 4.74 Å². The van der Waals surface area contributed by atoms with E-state index in [1.165, 1.54) is 135 Å². The Labute approximate surface area is 196 Å². The second kappa shape index (κ2) is 23.9. The van der Waals surface area contributed by atoms with Gasteiger partial charge in [-0.2, -0.15) is 0 Å². The van der Waals surface area contributed by atoms with E-state index in [1.807, 2.05) is 0 Å². The zero-order valence-corrected chi connectivity index (χ0v) is 21.7. The van der Waals surface area contributed by atoms with Gasteiger partial charge in [-0.25, -0.2) is 4.79 Å². The Morgan fingerprint density at radius 1 is 0.613 bits per heavy atom. The largest absolute Gasteiger partial charge is 0.462 e. The first kappa shape index (κ1) is 30.2. The van der Waals surface area contributed by atoms with Crippen LogP contribution in [0, 0.1) is 5.92 Å². The molecule has 0 saturated heterocycles. The van der Waals surface area contributed by atoms with Crippen LogP contribution in [0.25, 0.3) is 0 Å². The van der Waals surface area contributed by atoms with Gasteiger partial charge in [0.05, 0.1) is 6.61 Å². The topological polar surface area (TPSA) is 26.3 Å². The second-order valence-corrected chi connectivity index (χ2v) is 9.83. The predicted octanol–water partition coefficient (Wildman–Crippen LogP) is 9.95. The Morgan fingerprint density at radius 2 is 0.935 bits per heavy atom. The van der Waals surface area contributed by atoms with Crippen molar-refractivity contribution in [2.24, 2.45) is 5.92 Å². The predicted molar refractivity (Wildman–Crippen MR) is 138 cm³/mol. The number of esters is 1. The molecule has 0 aliphatic heterocycles. The van der Waals surface area contributed by atoms with E-state index in [0.29, 0.717) is 18.1 Å². The van der Waals surface area contributed by atoms with E-state index in [-0.39, 0.29) is 5.97 Å². The van der Waals surface area contributed by atoms with Crippen LogP contribution in [0.4, 0.5) is 0 Å². The van der Waals surface area contributed by atoms with Gasteiger partial charge >= 0.3 is 5.97 Å². The lowest BCUT2D eigenvalue weighted by Crippen LogP contribution is -2.15. The third-order valence-electron chi connectivity index (χ3n) is 6.48. The summed E-state index contributed by atoms with van der Waals surface area (Å²) in [5.41, 5.74) is 0.515. The average Bonchev–Trinajstić information content (AvgIpc) is 2.76. The number of carbonyl (C=O) groups is 1. The zero-order valence-electron chi connectivity index (χ0n) is 21.7. The smallest absolute Gasteiger partial charge is 0.333 e. The molecule has 184 valence electrons. The van der Waals surface area contributed by atoms with E-state index >= 15 is 0 Å². The molecule has 0 aliphatic carbocycles. The van der Waals surface area contributed by atoms with Gasteiger partial charge in [0.2, 0.25) is 0 Å². The molecule has 0 heterocycles. The lowest BCUT2D eigenvalue weighted by Gasteiger charge is -2.17. The highest BCUT2D eigenvalue weighted by molar-refractivity contribution is 5.86. The minimum absolute atomic E-state index is 0.222. The summed E-state index contributed by atoms with van der Waals surface area (Å²) in [4.78, 5) is 11.8. The Bertz CT molecular complexity index is 402. The lowest BCUT2D eigenvalue weighted by molar-refractivity contribution is -0.140. The molecule has 0 aromatic rings. The molecule has 0 radical (unpaired) electrons. The first-order chi connectivity index (χ1) is 15.1. The maximum absolute atomic E-state index is 11.8. The van der Waals surface area contributed by atoms with Crippen LogP contribution in [0.15, 0.2) is 12.2 Å². The first-order valence-electron chi connectivity index (χ1n) is 13.9. The van der Waals surface area contributed by atoms with E-state index in [1.54, 1.807) is 6.92 Å². The van der Waals surface area contributed by atoms with Crippen molar-refractivity contribution in [1.82, 2.24) is 0 Å². The highest BCUT2D eigenvalue weighted by Crippen LogP contribution is 2.20. The van der Waals surface area contributed by atoms with Crippen LogP contribution in [0.1, 0.15) is 156 Å². The molecule has 0 bridgehead atoms. The molecular weight excluding hydrogens is 380 g/mol. The normalized spacial score (nSPS) is 12.1. The zero-order chi connectivity index (χ0) is 23.0. The second-order valence-electron chi connectivity index (χ2n) is 9.83. The summed E-state index contributed by atoms with van der Waals surface area (Å²) in [6.45, 7) is 10.6. The van der Waals surface area contributed by atoms with Gasteiger partial charge in [-0.3, -0.25) is 0 Å². The molecule has 0 amide bonds. The van der Waals surface area contributed by atoms with Crippen molar-refractivity contribution < 1.29 is 9.53 Å². The summed E-state index contributed by atoms with van der Waals surface area (Å²) in [5, 5.41) is 0. The standard InChI is InChI=1S/C29H56O2/c1-5-7-9-11-13-15-17-19-21-23-25-28(26-31-29(30)27(3)4)24-22-20-18-16-14-12-10-8-6-2/h28H,3,5-26H2,1-2,4H3. The van der Waals surface area contributed by atoms with Crippen LogP contribution in [-0.2, 0) is 9.53 Å². The molecule has 0 aromatic heterocycles. The molecule has 0 aliphatic rings. The van der Waals surface area contributed by atoms with Crippen molar-refractivity contribution in [3.63, 3.8) is 0 Å². The minimum atomic E-state index is -0.222. The molecule has 0 N–H and O–H groups in total. The quantitative estimate of drug-likeness (QED) is 0.0854. The van der Waals surface area contributed by atoms with Gasteiger partial charge in [0, 0.05) is 5.57 Å². The maximum atomic E-state index is 11.8. The van der Waals surface area contributed by atoms with Crippen LogP contribution in [0.2, 0.25) is 0 Å². The van der Waals surface area contributed by atoms with Crippen LogP contribution in [0.3, 0.4) is 0 Å². The molecule has 2 heteroatoms. The summed E-state index contributed by atoms with van der Waals surface area (Å²) in [6.07, 6.45) is 28.5. The van der Waals surface area contributed by atoms with Crippen molar-refractivity contribution >= 4 is 5.97 Å². The summed E-state index contributed by atoms with van der Waals surface area (Å²) in [5.74, 6) is 0.307. The highest BCUT2D eigenvalue weighted by atomic mass is 16.5. The number of hydrogen-bond donors (Lipinski definition) is 0. The Balaban J connectivity index is 3.87. The molecule has 1 atom stereocenters. The number of ether oxygens (including phenoxy) is 1. The molecule has 1 unspecified atom stereocenters. The third-order valence-corrected chi connectivity index (χ3v) is 6.48. The van der Waals surface area contributed by atoms with E-state index in [2.05, 4.69) is 20.4 Å². The number of hydrogen-bond acceptors (Lipinski definition) is 2. The number of rotatable bonds is 24.